The number of ether oxygens (including phenoxy) is 1. The van der Waals surface area contributed by atoms with Crippen LogP contribution in [0.2, 0.25) is 0 Å². The largest absolute Gasteiger partial charge is 0.454 e. The van der Waals surface area contributed by atoms with E-state index in [0.717, 1.165) is 18.4 Å². The average molecular weight is 232 g/mol. The SMILES string of the molecule is CC1=C[C@@H]2OC(=O)C(C)=C3CC[C@](C)(CC1)[C@H]32. The molecule has 17 heavy (non-hydrogen) atoms. The van der Waals surface area contributed by atoms with Crippen molar-refractivity contribution < 1.29 is 9.53 Å². The summed E-state index contributed by atoms with van der Waals surface area (Å²) in [7, 11) is 0. The van der Waals surface area contributed by atoms with Crippen LogP contribution >= 0.6 is 0 Å². The molecule has 0 N–H and O–H groups in total. The Hall–Kier alpha value is -1.05. The van der Waals surface area contributed by atoms with E-state index in [1.807, 2.05) is 6.92 Å². The molecule has 1 saturated carbocycles. The third kappa shape index (κ3) is 1.50. The van der Waals surface area contributed by atoms with Gasteiger partial charge in [0.15, 0.2) is 0 Å². The Labute approximate surface area is 103 Å². The van der Waals surface area contributed by atoms with Crippen LogP contribution in [0.4, 0.5) is 0 Å². The zero-order chi connectivity index (χ0) is 12.2. The Morgan fingerprint density at radius 1 is 1.29 bits per heavy atom. The lowest BCUT2D eigenvalue weighted by atomic mass is 9.72. The minimum absolute atomic E-state index is 0.00352. The highest BCUT2D eigenvalue weighted by Crippen LogP contribution is 2.56. The molecule has 0 spiro atoms. The molecule has 2 nitrogen and oxygen atoms in total. The first kappa shape index (κ1) is 11.1. The third-order valence-electron chi connectivity index (χ3n) is 4.99. The predicted molar refractivity (Wildman–Crippen MR) is 66.4 cm³/mol. The Morgan fingerprint density at radius 2 is 2.00 bits per heavy atom. The second kappa shape index (κ2) is 3.47. The van der Waals surface area contributed by atoms with Gasteiger partial charge in [-0.3, -0.25) is 0 Å². The molecule has 0 amide bonds. The van der Waals surface area contributed by atoms with Gasteiger partial charge in [-0.2, -0.15) is 0 Å². The van der Waals surface area contributed by atoms with E-state index in [0.29, 0.717) is 11.3 Å². The highest BCUT2D eigenvalue weighted by molar-refractivity contribution is 5.90. The van der Waals surface area contributed by atoms with Gasteiger partial charge in [0.2, 0.25) is 0 Å². The molecular weight excluding hydrogens is 212 g/mol. The van der Waals surface area contributed by atoms with Crippen LogP contribution in [0.1, 0.15) is 46.5 Å². The van der Waals surface area contributed by atoms with Gasteiger partial charge in [0.25, 0.3) is 0 Å². The fraction of sp³-hybridized carbons (Fsp3) is 0.667. The Bertz CT molecular complexity index is 444. The summed E-state index contributed by atoms with van der Waals surface area (Å²) in [5.74, 6) is 0.342. The molecule has 1 aliphatic heterocycles. The van der Waals surface area contributed by atoms with Crippen LogP contribution in [0.3, 0.4) is 0 Å². The summed E-state index contributed by atoms with van der Waals surface area (Å²) in [6.07, 6.45) is 6.85. The monoisotopic (exact) mass is 232 g/mol. The Morgan fingerprint density at radius 3 is 2.76 bits per heavy atom. The molecular formula is C15H20O2. The van der Waals surface area contributed by atoms with Crippen molar-refractivity contribution >= 4 is 5.97 Å². The van der Waals surface area contributed by atoms with Gasteiger partial charge >= 0.3 is 5.97 Å². The molecule has 0 aromatic carbocycles. The van der Waals surface area contributed by atoms with Crippen LogP contribution < -0.4 is 0 Å². The molecule has 0 aromatic rings. The second-order valence-electron chi connectivity index (χ2n) is 6.16. The van der Waals surface area contributed by atoms with Crippen LogP contribution in [-0.2, 0) is 9.53 Å². The van der Waals surface area contributed by atoms with E-state index in [1.54, 1.807) is 0 Å². The van der Waals surface area contributed by atoms with Crippen molar-refractivity contribution in [3.05, 3.63) is 22.8 Å². The zero-order valence-corrected chi connectivity index (χ0v) is 10.9. The van der Waals surface area contributed by atoms with Gasteiger partial charge in [-0.1, -0.05) is 18.1 Å². The standard InChI is InChI=1S/C15H20O2/c1-9-4-6-15(3)7-5-11-10(2)14(16)17-12(8-9)13(11)15/h8,12-13H,4-7H2,1-3H3/t12-,13+,15-/m0/s1. The van der Waals surface area contributed by atoms with Crippen molar-refractivity contribution in [3.8, 4) is 0 Å². The number of carbonyl (C=O) groups is 1. The van der Waals surface area contributed by atoms with Crippen molar-refractivity contribution in [2.24, 2.45) is 11.3 Å². The number of hydrogen-bond acceptors (Lipinski definition) is 2. The third-order valence-corrected chi connectivity index (χ3v) is 4.99. The number of hydrogen-bond donors (Lipinski definition) is 0. The van der Waals surface area contributed by atoms with E-state index in [4.69, 9.17) is 4.74 Å². The summed E-state index contributed by atoms with van der Waals surface area (Å²) in [4.78, 5) is 11.9. The van der Waals surface area contributed by atoms with Gasteiger partial charge in [-0.05, 0) is 51.0 Å². The number of carbonyl (C=O) groups excluding carboxylic acids is 1. The normalized spacial score (nSPS) is 40.6. The molecule has 2 heteroatoms. The lowest BCUT2D eigenvalue weighted by Crippen LogP contribution is -2.38. The summed E-state index contributed by atoms with van der Waals surface area (Å²) in [5, 5.41) is 0. The molecule has 0 saturated heterocycles. The van der Waals surface area contributed by atoms with E-state index in [9.17, 15) is 4.79 Å². The predicted octanol–water partition coefficient (Wildman–Crippen LogP) is 3.38. The molecule has 92 valence electrons. The number of allylic oxidation sites excluding steroid dienone is 1. The van der Waals surface area contributed by atoms with Crippen molar-refractivity contribution in [2.45, 2.75) is 52.6 Å². The second-order valence-corrected chi connectivity index (χ2v) is 6.16. The summed E-state index contributed by atoms with van der Waals surface area (Å²) < 4.78 is 5.63. The van der Waals surface area contributed by atoms with Crippen LogP contribution in [0.5, 0.6) is 0 Å². The van der Waals surface area contributed by atoms with Gasteiger partial charge in [-0.15, -0.1) is 0 Å². The first-order valence-corrected chi connectivity index (χ1v) is 6.59. The topological polar surface area (TPSA) is 26.3 Å². The van der Waals surface area contributed by atoms with Gasteiger partial charge in [0, 0.05) is 11.5 Å². The van der Waals surface area contributed by atoms with Crippen LogP contribution in [-0.4, -0.2) is 12.1 Å². The van der Waals surface area contributed by atoms with Crippen LogP contribution in [0.25, 0.3) is 0 Å². The van der Waals surface area contributed by atoms with E-state index >= 15 is 0 Å². The van der Waals surface area contributed by atoms with Crippen LogP contribution in [0, 0.1) is 11.3 Å². The summed E-state index contributed by atoms with van der Waals surface area (Å²) >= 11 is 0. The first-order valence-electron chi connectivity index (χ1n) is 6.59. The summed E-state index contributed by atoms with van der Waals surface area (Å²) in [6.45, 7) is 6.46. The maximum absolute atomic E-state index is 11.9. The minimum Gasteiger partial charge on any atom is -0.454 e. The lowest BCUT2D eigenvalue weighted by molar-refractivity contribution is -0.147. The van der Waals surface area contributed by atoms with Gasteiger partial charge in [0.05, 0.1) is 0 Å². The molecule has 0 unspecified atom stereocenters. The molecule has 3 atom stereocenters. The maximum Gasteiger partial charge on any atom is 0.334 e. The van der Waals surface area contributed by atoms with E-state index in [1.165, 1.54) is 24.0 Å². The zero-order valence-electron chi connectivity index (χ0n) is 10.9. The quantitative estimate of drug-likeness (QED) is 0.472. The molecule has 2 aliphatic carbocycles. The Kier molecular flexibility index (Phi) is 2.26. The van der Waals surface area contributed by atoms with Crippen molar-refractivity contribution in [3.63, 3.8) is 0 Å². The maximum atomic E-state index is 11.9. The minimum atomic E-state index is -0.101. The highest BCUT2D eigenvalue weighted by Gasteiger charge is 2.50. The molecule has 1 fully saturated rings. The molecule has 3 aliphatic rings. The fourth-order valence-corrected chi connectivity index (χ4v) is 3.84. The Balaban J connectivity index is 2.13. The summed E-state index contributed by atoms with van der Waals surface area (Å²) in [5.41, 5.74) is 3.95. The molecule has 0 radical (unpaired) electrons. The molecule has 0 aromatic heterocycles. The molecule has 0 bridgehead atoms. The van der Waals surface area contributed by atoms with Gasteiger partial charge < -0.3 is 4.74 Å². The van der Waals surface area contributed by atoms with Crippen molar-refractivity contribution in [1.82, 2.24) is 0 Å². The van der Waals surface area contributed by atoms with Crippen molar-refractivity contribution in [1.29, 1.82) is 0 Å². The van der Waals surface area contributed by atoms with Gasteiger partial charge in [-0.25, -0.2) is 4.79 Å². The van der Waals surface area contributed by atoms with Crippen molar-refractivity contribution in [2.75, 3.05) is 0 Å². The average Bonchev–Trinajstić information content (AvgIpc) is 2.56. The highest BCUT2D eigenvalue weighted by atomic mass is 16.5. The molecule has 1 heterocycles. The van der Waals surface area contributed by atoms with Crippen LogP contribution in [0.15, 0.2) is 22.8 Å². The van der Waals surface area contributed by atoms with E-state index in [2.05, 4.69) is 19.9 Å². The first-order chi connectivity index (χ1) is 8.01. The number of esters is 1. The molecule has 3 rings (SSSR count). The lowest BCUT2D eigenvalue weighted by Gasteiger charge is -2.37. The number of rotatable bonds is 0. The fourth-order valence-electron chi connectivity index (χ4n) is 3.84. The van der Waals surface area contributed by atoms with E-state index < -0.39 is 0 Å². The van der Waals surface area contributed by atoms with Gasteiger partial charge in [0.1, 0.15) is 6.10 Å². The summed E-state index contributed by atoms with van der Waals surface area (Å²) in [6, 6.07) is 0. The smallest absolute Gasteiger partial charge is 0.334 e. The van der Waals surface area contributed by atoms with E-state index in [-0.39, 0.29) is 12.1 Å².